The van der Waals surface area contributed by atoms with Gasteiger partial charge in [-0.3, -0.25) is 4.79 Å². The maximum atomic E-state index is 11.2. The molecule has 1 aliphatic rings. The summed E-state index contributed by atoms with van der Waals surface area (Å²) in [6.45, 7) is 0. The van der Waals surface area contributed by atoms with Crippen molar-refractivity contribution in [3.05, 3.63) is 29.8 Å². The summed E-state index contributed by atoms with van der Waals surface area (Å²) in [6.07, 6.45) is 0.184. The van der Waals surface area contributed by atoms with Crippen LogP contribution in [0.15, 0.2) is 24.3 Å². The highest BCUT2D eigenvalue weighted by atomic mass is 35.5. The fourth-order valence-corrected chi connectivity index (χ4v) is 2.48. The molecule has 1 saturated carbocycles. The van der Waals surface area contributed by atoms with Gasteiger partial charge in [0.05, 0.1) is 0 Å². The first-order chi connectivity index (χ1) is 6.90. The number of carboxylic acids is 1. The van der Waals surface area contributed by atoms with Gasteiger partial charge in [0.2, 0.25) is 0 Å². The topological polar surface area (TPSA) is 57.5 Å². The van der Waals surface area contributed by atoms with Crippen molar-refractivity contribution < 1.29 is 15.0 Å². The van der Waals surface area contributed by atoms with Crippen LogP contribution in [0.1, 0.15) is 12.0 Å². The van der Waals surface area contributed by atoms with Crippen molar-refractivity contribution in [2.45, 2.75) is 16.2 Å². The summed E-state index contributed by atoms with van der Waals surface area (Å²) in [5, 5.41) is 18.2. The Labute approximate surface area is 96.2 Å². The second kappa shape index (κ2) is 3.03. The van der Waals surface area contributed by atoms with Gasteiger partial charge in [-0.05, 0) is 17.7 Å². The van der Waals surface area contributed by atoms with Crippen LogP contribution >= 0.6 is 23.2 Å². The lowest BCUT2D eigenvalue weighted by Crippen LogP contribution is -2.25. The number of aromatic hydroxyl groups is 1. The van der Waals surface area contributed by atoms with Gasteiger partial charge in [0.25, 0.3) is 0 Å². The van der Waals surface area contributed by atoms with Crippen LogP contribution in [0.5, 0.6) is 5.75 Å². The van der Waals surface area contributed by atoms with Gasteiger partial charge in [0, 0.05) is 6.42 Å². The van der Waals surface area contributed by atoms with Crippen LogP contribution in [0, 0.1) is 0 Å². The predicted molar refractivity (Wildman–Crippen MR) is 56.5 cm³/mol. The van der Waals surface area contributed by atoms with Gasteiger partial charge < -0.3 is 10.2 Å². The van der Waals surface area contributed by atoms with Gasteiger partial charge in [-0.2, -0.15) is 0 Å². The Balaban J connectivity index is 2.45. The Morgan fingerprint density at radius 1 is 1.27 bits per heavy atom. The highest BCUT2D eigenvalue weighted by Crippen LogP contribution is 2.64. The Kier molecular flexibility index (Phi) is 2.14. The third-order valence-electron chi connectivity index (χ3n) is 2.71. The van der Waals surface area contributed by atoms with Crippen molar-refractivity contribution in [3.8, 4) is 5.75 Å². The maximum Gasteiger partial charge on any atom is 0.317 e. The van der Waals surface area contributed by atoms with E-state index in [1.54, 1.807) is 0 Å². The van der Waals surface area contributed by atoms with E-state index in [1.807, 2.05) is 0 Å². The predicted octanol–water partition coefficient (Wildman–Crippen LogP) is 2.29. The van der Waals surface area contributed by atoms with E-state index < -0.39 is 15.7 Å². The largest absolute Gasteiger partial charge is 0.508 e. The minimum absolute atomic E-state index is 0.0784. The van der Waals surface area contributed by atoms with Gasteiger partial charge in [0.15, 0.2) is 0 Å². The summed E-state index contributed by atoms with van der Waals surface area (Å²) in [4.78, 5) is 11.2. The van der Waals surface area contributed by atoms with E-state index in [4.69, 9.17) is 33.4 Å². The van der Waals surface area contributed by atoms with Crippen molar-refractivity contribution in [3.63, 3.8) is 0 Å². The third kappa shape index (κ3) is 1.38. The van der Waals surface area contributed by atoms with Crippen molar-refractivity contribution in [1.82, 2.24) is 0 Å². The SMILES string of the molecule is O=C(O)[C@@]1(c2ccc(O)cc2)CC1(Cl)Cl. The number of hydrogen-bond donors (Lipinski definition) is 2. The molecule has 0 unspecified atom stereocenters. The van der Waals surface area contributed by atoms with Gasteiger partial charge in [0.1, 0.15) is 15.5 Å². The maximum absolute atomic E-state index is 11.2. The first-order valence-corrected chi connectivity index (χ1v) is 5.06. The molecule has 1 aromatic rings. The molecule has 0 heterocycles. The smallest absolute Gasteiger partial charge is 0.317 e. The zero-order chi connectivity index (χ0) is 11.3. The van der Waals surface area contributed by atoms with E-state index in [0.29, 0.717) is 5.56 Å². The highest BCUT2D eigenvalue weighted by Gasteiger charge is 2.72. The van der Waals surface area contributed by atoms with Crippen LogP contribution in [0.2, 0.25) is 0 Å². The quantitative estimate of drug-likeness (QED) is 0.788. The number of phenolic OH excluding ortho intramolecular Hbond substituents is 1. The number of carbonyl (C=O) groups is 1. The first-order valence-electron chi connectivity index (χ1n) is 4.31. The zero-order valence-electron chi connectivity index (χ0n) is 7.58. The normalized spacial score (nSPS) is 27.3. The molecular formula is C10H8Cl2O3. The van der Waals surface area contributed by atoms with Crippen LogP contribution in [-0.2, 0) is 10.2 Å². The van der Waals surface area contributed by atoms with Gasteiger partial charge in [-0.25, -0.2) is 0 Å². The minimum atomic E-state index is -1.25. The summed E-state index contributed by atoms with van der Waals surface area (Å²) < 4.78 is -1.25. The van der Waals surface area contributed by atoms with Crippen molar-refractivity contribution in [2.75, 3.05) is 0 Å². The van der Waals surface area contributed by atoms with Crippen LogP contribution < -0.4 is 0 Å². The molecule has 0 spiro atoms. The minimum Gasteiger partial charge on any atom is -0.508 e. The molecular weight excluding hydrogens is 239 g/mol. The Hall–Kier alpha value is -0.930. The Morgan fingerprint density at radius 3 is 2.07 bits per heavy atom. The molecule has 0 aliphatic heterocycles. The molecule has 1 atom stereocenters. The summed E-state index contributed by atoms with van der Waals surface area (Å²) >= 11 is 11.7. The Bertz CT molecular complexity index is 413. The molecule has 80 valence electrons. The number of phenols is 1. The summed E-state index contributed by atoms with van der Waals surface area (Å²) in [7, 11) is 0. The van der Waals surface area contributed by atoms with Gasteiger partial charge in [-0.15, -0.1) is 0 Å². The van der Waals surface area contributed by atoms with Crippen LogP contribution in [0.4, 0.5) is 0 Å². The molecule has 0 amide bonds. The zero-order valence-corrected chi connectivity index (χ0v) is 9.09. The molecule has 15 heavy (non-hydrogen) atoms. The average molecular weight is 247 g/mol. The molecule has 1 aromatic carbocycles. The lowest BCUT2D eigenvalue weighted by atomic mass is 9.96. The lowest BCUT2D eigenvalue weighted by molar-refractivity contribution is -0.140. The monoisotopic (exact) mass is 246 g/mol. The number of hydrogen-bond acceptors (Lipinski definition) is 2. The van der Waals surface area contributed by atoms with E-state index in [1.165, 1.54) is 24.3 Å². The number of benzene rings is 1. The van der Waals surface area contributed by atoms with Crippen molar-refractivity contribution >= 4 is 29.2 Å². The molecule has 0 aromatic heterocycles. The van der Waals surface area contributed by atoms with E-state index in [2.05, 4.69) is 0 Å². The Morgan fingerprint density at radius 2 is 1.73 bits per heavy atom. The lowest BCUT2D eigenvalue weighted by Gasteiger charge is -2.13. The number of rotatable bonds is 2. The standard InChI is InChI=1S/C10H8Cl2O3/c11-10(12)5-9(10,8(14)15)6-1-3-7(13)4-2-6/h1-4,13H,5H2,(H,14,15)/t9-/m0/s1. The summed E-state index contributed by atoms with van der Waals surface area (Å²) in [5.74, 6) is -0.965. The van der Waals surface area contributed by atoms with Crippen molar-refractivity contribution in [1.29, 1.82) is 0 Å². The van der Waals surface area contributed by atoms with Crippen LogP contribution in [-0.4, -0.2) is 20.5 Å². The summed E-state index contributed by atoms with van der Waals surface area (Å²) in [6, 6.07) is 5.89. The molecule has 2 N–H and O–H groups in total. The molecule has 0 saturated heterocycles. The number of carboxylic acid groups (broad SMARTS) is 1. The van der Waals surface area contributed by atoms with Gasteiger partial charge >= 0.3 is 5.97 Å². The molecule has 3 nitrogen and oxygen atoms in total. The third-order valence-corrected chi connectivity index (χ3v) is 3.62. The van der Waals surface area contributed by atoms with E-state index >= 15 is 0 Å². The van der Waals surface area contributed by atoms with Crippen LogP contribution in [0.25, 0.3) is 0 Å². The molecule has 0 radical (unpaired) electrons. The van der Waals surface area contributed by atoms with Crippen molar-refractivity contribution in [2.24, 2.45) is 0 Å². The second-order valence-electron chi connectivity index (χ2n) is 3.64. The molecule has 1 aliphatic carbocycles. The van der Waals surface area contributed by atoms with Crippen LogP contribution in [0.3, 0.4) is 0 Å². The van der Waals surface area contributed by atoms with E-state index in [0.717, 1.165) is 0 Å². The number of alkyl halides is 2. The van der Waals surface area contributed by atoms with E-state index in [-0.39, 0.29) is 12.2 Å². The number of halogens is 2. The highest BCUT2D eigenvalue weighted by molar-refractivity contribution is 6.54. The molecule has 2 rings (SSSR count). The van der Waals surface area contributed by atoms with Gasteiger partial charge in [-0.1, -0.05) is 35.3 Å². The molecule has 0 bridgehead atoms. The summed E-state index contributed by atoms with van der Waals surface area (Å²) in [5.41, 5.74) is -0.720. The first kappa shape index (κ1) is 10.6. The fourth-order valence-electron chi connectivity index (χ4n) is 1.70. The second-order valence-corrected chi connectivity index (χ2v) is 5.12. The molecule has 1 fully saturated rings. The van der Waals surface area contributed by atoms with E-state index in [9.17, 15) is 4.79 Å². The molecule has 5 heteroatoms. The fraction of sp³-hybridized carbons (Fsp3) is 0.300. The number of aliphatic carboxylic acids is 1. The average Bonchev–Trinajstić information content (AvgIpc) is 2.72.